The van der Waals surface area contributed by atoms with Gasteiger partial charge >= 0.3 is 0 Å². The molecule has 0 radical (unpaired) electrons. The van der Waals surface area contributed by atoms with Crippen molar-refractivity contribution in [3.63, 3.8) is 0 Å². The lowest BCUT2D eigenvalue weighted by molar-refractivity contribution is -0.139. The Balaban J connectivity index is 0.00000368. The second-order valence-corrected chi connectivity index (χ2v) is 11.6. The average molecular weight is 605 g/mol. The number of aromatic nitrogens is 3. The fraction of sp³-hybridized carbons (Fsp3) is 0.364. The van der Waals surface area contributed by atoms with Crippen molar-refractivity contribution in [1.82, 2.24) is 19.7 Å². The van der Waals surface area contributed by atoms with Gasteiger partial charge in [0.15, 0.2) is 5.79 Å². The molecule has 1 unspecified atom stereocenters. The largest absolute Gasteiger partial charge is 0.489 e. The molecule has 0 aliphatic carbocycles. The van der Waals surface area contributed by atoms with Crippen LogP contribution in [-0.4, -0.2) is 57.2 Å². The summed E-state index contributed by atoms with van der Waals surface area (Å²) in [6, 6.07) is 16.6. The van der Waals surface area contributed by atoms with Crippen molar-refractivity contribution in [2.45, 2.75) is 58.7 Å². The highest BCUT2D eigenvalue weighted by Crippen LogP contribution is 2.39. The third kappa shape index (κ3) is 6.46. The molecule has 1 atom stereocenters. The smallest absolute Gasteiger partial charge is 0.272 e. The van der Waals surface area contributed by atoms with Crippen molar-refractivity contribution in [2.75, 3.05) is 19.7 Å². The van der Waals surface area contributed by atoms with Crippen LogP contribution in [0.2, 0.25) is 0 Å². The number of ether oxygens (including phenoxy) is 3. The Bertz CT molecular complexity index is 1590. The lowest BCUT2D eigenvalue weighted by Crippen LogP contribution is -2.45. The number of amides is 1. The van der Waals surface area contributed by atoms with Gasteiger partial charge in [0, 0.05) is 48.2 Å². The highest BCUT2D eigenvalue weighted by atomic mass is 32.1. The minimum atomic E-state index is -0.685. The molecule has 0 spiro atoms. The minimum absolute atomic E-state index is 0. The number of rotatable bonds is 8. The third-order valence-electron chi connectivity index (χ3n) is 7.73. The molecule has 4 heterocycles. The normalized spacial score (nSPS) is 17.6. The van der Waals surface area contributed by atoms with E-state index >= 15 is 4.39 Å². The van der Waals surface area contributed by atoms with Gasteiger partial charge in [-0.1, -0.05) is 38.1 Å². The Morgan fingerprint density at radius 1 is 1.07 bits per heavy atom. The number of benzene rings is 2. The van der Waals surface area contributed by atoms with Gasteiger partial charge in [-0.3, -0.25) is 14.5 Å². The summed E-state index contributed by atoms with van der Waals surface area (Å²) < 4.78 is 35.2. The molecule has 8 nitrogen and oxygen atoms in total. The van der Waals surface area contributed by atoms with E-state index in [9.17, 15) is 4.79 Å². The second kappa shape index (κ2) is 12.5. The number of fused-ring (bicyclic) bond motifs is 1. The van der Waals surface area contributed by atoms with E-state index in [4.69, 9.17) is 19.3 Å². The Labute approximate surface area is 258 Å². The summed E-state index contributed by atoms with van der Waals surface area (Å²) in [5.41, 5.74) is 4.62. The molecule has 6 rings (SSSR count). The predicted octanol–water partition coefficient (Wildman–Crippen LogP) is 6.17. The molecule has 10 heteroatoms. The summed E-state index contributed by atoms with van der Waals surface area (Å²) in [5.74, 6) is -0.543. The van der Waals surface area contributed by atoms with Gasteiger partial charge < -0.3 is 19.1 Å². The molecule has 4 aromatic rings. The molecule has 0 saturated carbocycles. The molecule has 2 aromatic carbocycles. The zero-order valence-corrected chi connectivity index (χ0v) is 25.8. The van der Waals surface area contributed by atoms with Crippen LogP contribution in [0.25, 0.3) is 22.4 Å². The molecule has 0 N–H and O–H groups in total. The number of carbonyl (C=O) groups is 1. The molecule has 226 valence electrons. The van der Waals surface area contributed by atoms with Crippen molar-refractivity contribution in [3.8, 4) is 28.1 Å². The zero-order chi connectivity index (χ0) is 29.4. The number of nitrogens with zero attached hydrogens (tertiary/aromatic N) is 4. The molecule has 2 aromatic heterocycles. The number of hydrogen-bond donors (Lipinski definition) is 0. The van der Waals surface area contributed by atoms with Crippen LogP contribution in [0.3, 0.4) is 0 Å². The maximum Gasteiger partial charge on any atom is 0.272 e. The lowest BCUT2D eigenvalue weighted by Gasteiger charge is -2.30. The summed E-state index contributed by atoms with van der Waals surface area (Å²) in [7, 11) is 0. The molecular formula is C33H37FN4O4S. The average Bonchev–Trinajstić information content (AvgIpc) is 3.54. The summed E-state index contributed by atoms with van der Waals surface area (Å²) in [6.07, 6.45) is 3.08. The van der Waals surface area contributed by atoms with E-state index in [1.165, 1.54) is 11.6 Å². The van der Waals surface area contributed by atoms with Crippen molar-refractivity contribution in [1.29, 1.82) is 0 Å². The number of carbonyl (C=O) groups excluding carboxylic acids is 1. The lowest BCUT2D eigenvalue weighted by atomic mass is 9.97. The van der Waals surface area contributed by atoms with Crippen LogP contribution in [0.15, 0.2) is 67.0 Å². The molecule has 2 aliphatic rings. The van der Waals surface area contributed by atoms with Crippen LogP contribution in [0.1, 0.15) is 55.2 Å². The van der Waals surface area contributed by atoms with Crippen LogP contribution >= 0.6 is 13.5 Å². The quantitative estimate of drug-likeness (QED) is 0.239. The molecule has 0 bridgehead atoms. The highest BCUT2D eigenvalue weighted by molar-refractivity contribution is 7.59. The van der Waals surface area contributed by atoms with Gasteiger partial charge in [0.1, 0.15) is 35.7 Å². The van der Waals surface area contributed by atoms with E-state index in [-0.39, 0.29) is 31.1 Å². The van der Waals surface area contributed by atoms with E-state index < -0.39 is 11.6 Å². The maximum atomic E-state index is 15.9. The molecular weight excluding hydrogens is 567 g/mol. The summed E-state index contributed by atoms with van der Waals surface area (Å²) >= 11 is 0. The van der Waals surface area contributed by atoms with Crippen molar-refractivity contribution in [3.05, 3.63) is 89.6 Å². The van der Waals surface area contributed by atoms with Crippen molar-refractivity contribution < 1.29 is 23.4 Å². The standard InChI is InChI=1S/C33H35FN4O4.H2S/c1-21(2)23-7-5-22(6-8-23)19-40-25-9-10-27(28(34)17-25)29-30(24-11-13-35-14-12-24)36-38-16-15-37(32(39)31(29)38)18-26-20-41-33(3,4)42-26;/h5-14,17,21,26H,15-16,18-20H2,1-4H3;1H2. The van der Waals surface area contributed by atoms with Crippen LogP contribution in [0.5, 0.6) is 5.75 Å². The van der Waals surface area contributed by atoms with Gasteiger partial charge in [0.2, 0.25) is 0 Å². The minimum Gasteiger partial charge on any atom is -0.489 e. The zero-order valence-electron chi connectivity index (χ0n) is 24.8. The van der Waals surface area contributed by atoms with Crippen LogP contribution in [0, 0.1) is 5.82 Å². The van der Waals surface area contributed by atoms with Gasteiger partial charge in [-0.2, -0.15) is 18.6 Å². The van der Waals surface area contributed by atoms with Gasteiger partial charge in [-0.25, -0.2) is 4.39 Å². The molecule has 1 amide bonds. The monoisotopic (exact) mass is 604 g/mol. The number of halogens is 1. The Hall–Kier alpha value is -3.73. The Morgan fingerprint density at radius 2 is 1.81 bits per heavy atom. The van der Waals surface area contributed by atoms with Gasteiger partial charge in [0.25, 0.3) is 5.91 Å². The van der Waals surface area contributed by atoms with Crippen molar-refractivity contribution in [2.24, 2.45) is 0 Å². The van der Waals surface area contributed by atoms with Gasteiger partial charge in [0.05, 0.1) is 13.2 Å². The SMILES string of the molecule is CC(C)c1ccc(COc2ccc(-c3c(-c4ccncc4)nn4c3C(=O)N(CC3COC(C)(C)O3)CC4)c(F)c2)cc1.S. The summed E-state index contributed by atoms with van der Waals surface area (Å²) in [5, 5.41) is 4.78. The maximum absolute atomic E-state index is 15.9. The molecule has 2 aliphatic heterocycles. The topological polar surface area (TPSA) is 78.7 Å². The first kappa shape index (κ1) is 30.7. The summed E-state index contributed by atoms with van der Waals surface area (Å²) in [4.78, 5) is 19.8. The highest BCUT2D eigenvalue weighted by Gasteiger charge is 2.38. The number of hydrogen-bond acceptors (Lipinski definition) is 6. The van der Waals surface area contributed by atoms with Crippen LogP contribution in [0.4, 0.5) is 4.39 Å². The predicted molar refractivity (Wildman–Crippen MR) is 167 cm³/mol. The fourth-order valence-corrected chi connectivity index (χ4v) is 5.50. The third-order valence-corrected chi connectivity index (χ3v) is 7.73. The van der Waals surface area contributed by atoms with E-state index in [1.807, 2.05) is 38.1 Å². The number of pyridine rings is 1. The Kier molecular flexibility index (Phi) is 8.91. The first-order chi connectivity index (χ1) is 20.2. The van der Waals surface area contributed by atoms with Gasteiger partial charge in [-0.05, 0) is 55.2 Å². The van der Waals surface area contributed by atoms with Gasteiger partial charge in [-0.15, -0.1) is 0 Å². The molecule has 43 heavy (non-hydrogen) atoms. The Morgan fingerprint density at radius 3 is 2.47 bits per heavy atom. The first-order valence-electron chi connectivity index (χ1n) is 14.3. The van der Waals surface area contributed by atoms with E-state index in [2.05, 4.69) is 31.0 Å². The summed E-state index contributed by atoms with van der Waals surface area (Å²) in [6.45, 7) is 10.1. The van der Waals surface area contributed by atoms with E-state index in [0.717, 1.165) is 11.1 Å². The second-order valence-electron chi connectivity index (χ2n) is 11.6. The first-order valence-corrected chi connectivity index (χ1v) is 14.3. The van der Waals surface area contributed by atoms with Crippen LogP contribution in [-0.2, 0) is 22.6 Å². The van der Waals surface area contributed by atoms with Crippen molar-refractivity contribution >= 4 is 19.4 Å². The molecule has 1 saturated heterocycles. The van der Waals surface area contributed by atoms with E-state index in [1.54, 1.807) is 34.1 Å². The fourth-order valence-electron chi connectivity index (χ4n) is 5.50. The molecule has 1 fully saturated rings. The van der Waals surface area contributed by atoms with E-state index in [0.29, 0.717) is 61.5 Å². The van der Waals surface area contributed by atoms with Crippen LogP contribution < -0.4 is 4.74 Å².